The molecule has 1 N–H and O–H groups in total. The van der Waals surface area contributed by atoms with E-state index in [0.717, 1.165) is 68.7 Å². The van der Waals surface area contributed by atoms with Crippen molar-refractivity contribution >= 4 is 0 Å². The second-order valence-corrected chi connectivity index (χ2v) is 12.4. The van der Waals surface area contributed by atoms with E-state index in [2.05, 4.69) is 32.3 Å². The third-order valence-electron chi connectivity index (χ3n) is 10.5. The van der Waals surface area contributed by atoms with Crippen LogP contribution in [0.3, 0.4) is 0 Å². The summed E-state index contributed by atoms with van der Waals surface area (Å²) in [5.74, 6) is 5.18. The SMILES string of the molecule is C=C(CN1CCO[C@H](C)C1)[C@H]1CC[C@H]2[C@@H]3CC[C@@H]4C[C@](C)(O)CC[C@@H]4[C@H]3CC[C@]12C. The minimum absolute atomic E-state index is 0.361. The quantitative estimate of drug-likeness (QED) is 0.636. The average Bonchev–Trinajstić information content (AvgIpc) is 3.04. The van der Waals surface area contributed by atoms with Gasteiger partial charge < -0.3 is 9.84 Å². The molecule has 0 spiro atoms. The Morgan fingerprint density at radius 1 is 1.03 bits per heavy atom. The van der Waals surface area contributed by atoms with Crippen LogP contribution < -0.4 is 0 Å². The smallest absolute Gasteiger partial charge is 0.0674 e. The van der Waals surface area contributed by atoms with Gasteiger partial charge in [0.2, 0.25) is 0 Å². The molecule has 0 unspecified atom stereocenters. The van der Waals surface area contributed by atoms with Gasteiger partial charge in [0.1, 0.15) is 0 Å². The number of morpholine rings is 1. The Morgan fingerprint density at radius 2 is 1.83 bits per heavy atom. The van der Waals surface area contributed by atoms with Crippen molar-refractivity contribution in [1.29, 1.82) is 0 Å². The molecule has 0 bridgehead atoms. The van der Waals surface area contributed by atoms with Gasteiger partial charge in [0.15, 0.2) is 0 Å². The zero-order valence-electron chi connectivity index (χ0n) is 19.7. The molecule has 9 atom stereocenters. The largest absolute Gasteiger partial charge is 0.390 e. The van der Waals surface area contributed by atoms with E-state index in [4.69, 9.17) is 4.74 Å². The molecular weight excluding hydrogens is 370 g/mol. The van der Waals surface area contributed by atoms with E-state index in [1.807, 2.05) is 0 Å². The number of rotatable bonds is 3. The summed E-state index contributed by atoms with van der Waals surface area (Å²) < 4.78 is 5.75. The van der Waals surface area contributed by atoms with Crippen molar-refractivity contribution in [2.75, 3.05) is 26.2 Å². The van der Waals surface area contributed by atoms with Gasteiger partial charge in [-0.25, -0.2) is 0 Å². The molecule has 0 aromatic heterocycles. The van der Waals surface area contributed by atoms with Crippen LogP contribution in [-0.2, 0) is 4.74 Å². The average molecular weight is 416 g/mol. The minimum atomic E-state index is -0.398. The standard InChI is InChI=1S/C27H45NO2/c1-18(16-28-13-14-30-19(2)17-28)24-7-8-25-23-6-5-20-15-26(3,29)11-9-21(20)22(23)10-12-27(24,25)4/h19-25,29H,1,5-17H2,2-4H3/t19-,20-,21+,22-,23-,24-,25+,26-,27-/m1/s1. The molecule has 5 fully saturated rings. The normalized spacial score (nSPS) is 51.7. The Morgan fingerprint density at radius 3 is 2.63 bits per heavy atom. The van der Waals surface area contributed by atoms with Crippen LogP contribution in [0, 0.1) is 40.9 Å². The molecule has 5 aliphatic rings. The summed E-state index contributed by atoms with van der Waals surface area (Å²) in [4.78, 5) is 2.58. The molecule has 3 nitrogen and oxygen atoms in total. The molecular formula is C27H45NO2. The summed E-state index contributed by atoms with van der Waals surface area (Å²) in [5, 5.41) is 10.6. The van der Waals surface area contributed by atoms with Crippen LogP contribution in [-0.4, -0.2) is 48.0 Å². The predicted molar refractivity (Wildman–Crippen MR) is 122 cm³/mol. The number of hydrogen-bond donors (Lipinski definition) is 1. The van der Waals surface area contributed by atoms with Crippen molar-refractivity contribution in [2.24, 2.45) is 40.9 Å². The Hall–Kier alpha value is -0.380. The summed E-state index contributed by atoms with van der Waals surface area (Å²) in [7, 11) is 0. The third-order valence-corrected chi connectivity index (χ3v) is 10.5. The maximum absolute atomic E-state index is 10.6. The fourth-order valence-electron chi connectivity index (χ4n) is 9.18. The zero-order valence-corrected chi connectivity index (χ0v) is 19.7. The predicted octanol–water partition coefficient (Wildman–Crippen LogP) is 5.28. The van der Waals surface area contributed by atoms with Gasteiger partial charge in [-0.3, -0.25) is 4.90 Å². The van der Waals surface area contributed by atoms with Crippen molar-refractivity contribution in [2.45, 2.75) is 90.3 Å². The van der Waals surface area contributed by atoms with Crippen molar-refractivity contribution < 1.29 is 9.84 Å². The van der Waals surface area contributed by atoms with Gasteiger partial charge in [-0.05, 0) is 113 Å². The molecule has 5 rings (SSSR count). The van der Waals surface area contributed by atoms with E-state index in [9.17, 15) is 5.11 Å². The van der Waals surface area contributed by atoms with Crippen LogP contribution in [0.5, 0.6) is 0 Å². The van der Waals surface area contributed by atoms with Crippen LogP contribution in [0.2, 0.25) is 0 Å². The first-order chi connectivity index (χ1) is 14.3. The highest BCUT2D eigenvalue weighted by Gasteiger charge is 2.57. The summed E-state index contributed by atoms with van der Waals surface area (Å²) in [5.41, 5.74) is 1.59. The van der Waals surface area contributed by atoms with Gasteiger partial charge in [-0.15, -0.1) is 0 Å². The first-order valence-electron chi connectivity index (χ1n) is 13.0. The lowest BCUT2D eigenvalue weighted by molar-refractivity contribution is -0.0981. The van der Waals surface area contributed by atoms with Crippen LogP contribution in [0.15, 0.2) is 12.2 Å². The maximum atomic E-state index is 10.6. The first-order valence-corrected chi connectivity index (χ1v) is 13.0. The molecule has 0 amide bonds. The first kappa shape index (κ1) is 21.5. The highest BCUT2D eigenvalue weighted by Crippen LogP contribution is 2.65. The zero-order chi connectivity index (χ0) is 21.1. The second-order valence-electron chi connectivity index (χ2n) is 12.4. The summed E-state index contributed by atoms with van der Waals surface area (Å²) >= 11 is 0. The molecule has 3 heteroatoms. The fraction of sp³-hybridized carbons (Fsp3) is 0.926. The molecule has 170 valence electrons. The Labute approximate surface area is 184 Å². The van der Waals surface area contributed by atoms with E-state index >= 15 is 0 Å². The van der Waals surface area contributed by atoms with Crippen molar-refractivity contribution in [3.05, 3.63) is 12.2 Å². The number of aliphatic hydroxyl groups is 1. The molecule has 1 heterocycles. The molecule has 1 aliphatic heterocycles. The number of nitrogens with zero attached hydrogens (tertiary/aromatic N) is 1. The number of hydrogen-bond acceptors (Lipinski definition) is 3. The van der Waals surface area contributed by atoms with Crippen molar-refractivity contribution in [3.63, 3.8) is 0 Å². The lowest BCUT2D eigenvalue weighted by Gasteiger charge is -2.57. The molecule has 0 aromatic rings. The maximum Gasteiger partial charge on any atom is 0.0674 e. The van der Waals surface area contributed by atoms with Gasteiger partial charge in [-0.2, -0.15) is 0 Å². The van der Waals surface area contributed by atoms with E-state index < -0.39 is 5.60 Å². The number of ether oxygens (including phenoxy) is 1. The minimum Gasteiger partial charge on any atom is -0.390 e. The van der Waals surface area contributed by atoms with Gasteiger partial charge in [0.25, 0.3) is 0 Å². The van der Waals surface area contributed by atoms with Crippen LogP contribution in [0.25, 0.3) is 0 Å². The topological polar surface area (TPSA) is 32.7 Å². The molecule has 30 heavy (non-hydrogen) atoms. The van der Waals surface area contributed by atoms with Crippen molar-refractivity contribution in [1.82, 2.24) is 4.90 Å². The van der Waals surface area contributed by atoms with E-state index in [1.165, 1.54) is 50.5 Å². The lowest BCUT2D eigenvalue weighted by Crippen LogP contribution is -2.51. The number of fused-ring (bicyclic) bond motifs is 5. The summed E-state index contributed by atoms with van der Waals surface area (Å²) in [6.07, 6.45) is 12.1. The molecule has 0 radical (unpaired) electrons. The molecule has 0 aromatic carbocycles. The van der Waals surface area contributed by atoms with E-state index in [-0.39, 0.29) is 0 Å². The van der Waals surface area contributed by atoms with Crippen LogP contribution in [0.1, 0.15) is 78.6 Å². The van der Waals surface area contributed by atoms with Gasteiger partial charge in [0, 0.05) is 19.6 Å². The Balaban J connectivity index is 1.27. The van der Waals surface area contributed by atoms with Gasteiger partial charge in [0.05, 0.1) is 18.3 Å². The van der Waals surface area contributed by atoms with Crippen molar-refractivity contribution in [3.8, 4) is 0 Å². The van der Waals surface area contributed by atoms with Crippen LogP contribution >= 0.6 is 0 Å². The molecule has 4 aliphatic carbocycles. The third kappa shape index (κ3) is 3.71. The highest BCUT2D eigenvalue weighted by molar-refractivity contribution is 5.17. The molecule has 1 saturated heterocycles. The second kappa shape index (κ2) is 7.89. The Kier molecular flexibility index (Phi) is 5.64. The van der Waals surface area contributed by atoms with Gasteiger partial charge >= 0.3 is 0 Å². The van der Waals surface area contributed by atoms with Gasteiger partial charge in [-0.1, -0.05) is 19.1 Å². The Bertz CT molecular complexity index is 659. The highest BCUT2D eigenvalue weighted by atomic mass is 16.5. The lowest BCUT2D eigenvalue weighted by atomic mass is 9.49. The summed E-state index contributed by atoms with van der Waals surface area (Å²) in [6.45, 7) is 15.7. The fourth-order valence-corrected chi connectivity index (χ4v) is 9.18. The summed E-state index contributed by atoms with van der Waals surface area (Å²) in [6, 6.07) is 0. The monoisotopic (exact) mass is 415 g/mol. The molecule has 4 saturated carbocycles. The van der Waals surface area contributed by atoms with E-state index in [0.29, 0.717) is 17.4 Å². The van der Waals surface area contributed by atoms with E-state index in [1.54, 1.807) is 0 Å². The van der Waals surface area contributed by atoms with Crippen LogP contribution in [0.4, 0.5) is 0 Å².